The predicted molar refractivity (Wildman–Crippen MR) is 106 cm³/mol. The van der Waals surface area contributed by atoms with E-state index in [1.807, 2.05) is 54.6 Å². The van der Waals surface area contributed by atoms with Crippen molar-refractivity contribution in [3.63, 3.8) is 0 Å². The van der Waals surface area contributed by atoms with Crippen molar-refractivity contribution in [3.8, 4) is 0 Å². The van der Waals surface area contributed by atoms with Crippen LogP contribution < -0.4 is 5.32 Å². The highest BCUT2D eigenvalue weighted by Crippen LogP contribution is 2.23. The van der Waals surface area contributed by atoms with Crippen LogP contribution in [-0.4, -0.2) is 16.4 Å². The minimum Gasteiger partial charge on any atom is -0.326 e. The summed E-state index contributed by atoms with van der Waals surface area (Å²) >= 11 is 0. The molecule has 134 valence electrons. The van der Waals surface area contributed by atoms with E-state index >= 15 is 0 Å². The maximum Gasteiger partial charge on any atom is 0.231 e. The fraction of sp³-hybridized carbons (Fsp3) is 0.273. The Bertz CT molecular complexity index is 931. The smallest absolute Gasteiger partial charge is 0.231 e. The third-order valence-electron chi connectivity index (χ3n) is 4.47. The van der Waals surface area contributed by atoms with E-state index in [-0.39, 0.29) is 30.1 Å². The molecule has 1 heterocycles. The Kier molecular flexibility index (Phi) is 4.94. The van der Waals surface area contributed by atoms with Crippen LogP contribution in [0.4, 0.5) is 5.69 Å². The van der Waals surface area contributed by atoms with Gasteiger partial charge in [0.2, 0.25) is 11.8 Å². The zero-order chi connectivity index (χ0) is 18.7. The number of amides is 1. The summed E-state index contributed by atoms with van der Waals surface area (Å²) in [6.07, 6.45) is 2.09. The minimum atomic E-state index is -0.154. The molecule has 1 amide bonds. The molecule has 0 bridgehead atoms. The lowest BCUT2D eigenvalue weighted by atomic mass is 9.87. The molecule has 4 heteroatoms. The lowest BCUT2D eigenvalue weighted by Crippen LogP contribution is -2.16. The van der Waals surface area contributed by atoms with E-state index in [1.54, 1.807) is 10.8 Å². The standard InChI is InChI=1S/C22H24N2O2/c1-22(2,3)17-8-10-18(11-9-17)23-20(25)12-13-21(26)24-15-14-16-6-4-5-7-19(16)24/h4-11,14-15H,12-13H2,1-3H3,(H,23,25). The van der Waals surface area contributed by atoms with Crippen LogP contribution in [0.5, 0.6) is 0 Å². The molecule has 0 aliphatic heterocycles. The Balaban J connectivity index is 1.58. The van der Waals surface area contributed by atoms with Gasteiger partial charge >= 0.3 is 0 Å². The molecule has 0 saturated heterocycles. The van der Waals surface area contributed by atoms with E-state index in [4.69, 9.17) is 0 Å². The molecule has 4 nitrogen and oxygen atoms in total. The molecular formula is C22H24N2O2. The van der Waals surface area contributed by atoms with Crippen LogP contribution in [0.1, 0.15) is 44.0 Å². The average Bonchev–Trinajstić information content (AvgIpc) is 3.03. The third-order valence-corrected chi connectivity index (χ3v) is 4.47. The van der Waals surface area contributed by atoms with Crippen LogP contribution in [0.25, 0.3) is 10.9 Å². The first-order valence-electron chi connectivity index (χ1n) is 8.84. The van der Waals surface area contributed by atoms with Crippen molar-refractivity contribution in [1.29, 1.82) is 0 Å². The van der Waals surface area contributed by atoms with Gasteiger partial charge in [-0.1, -0.05) is 51.1 Å². The number of hydrogen-bond donors (Lipinski definition) is 1. The molecule has 1 aromatic heterocycles. The van der Waals surface area contributed by atoms with Crippen molar-refractivity contribution in [1.82, 2.24) is 4.57 Å². The Morgan fingerprint density at radius 1 is 0.923 bits per heavy atom. The zero-order valence-electron chi connectivity index (χ0n) is 15.5. The summed E-state index contributed by atoms with van der Waals surface area (Å²) in [5.74, 6) is -0.234. The van der Waals surface area contributed by atoms with Gasteiger partial charge in [-0.3, -0.25) is 14.2 Å². The molecule has 0 unspecified atom stereocenters. The number of carbonyl (C=O) groups excluding carboxylic acids is 2. The molecule has 0 spiro atoms. The van der Waals surface area contributed by atoms with E-state index in [9.17, 15) is 9.59 Å². The molecule has 0 radical (unpaired) electrons. The van der Waals surface area contributed by atoms with Gasteiger partial charge in [-0.15, -0.1) is 0 Å². The van der Waals surface area contributed by atoms with Crippen LogP contribution in [-0.2, 0) is 10.2 Å². The lowest BCUT2D eigenvalue weighted by molar-refractivity contribution is -0.116. The first-order chi connectivity index (χ1) is 12.3. The Morgan fingerprint density at radius 3 is 2.31 bits per heavy atom. The van der Waals surface area contributed by atoms with E-state index < -0.39 is 0 Å². The summed E-state index contributed by atoms with van der Waals surface area (Å²) in [5.41, 5.74) is 2.91. The number of anilines is 1. The van der Waals surface area contributed by atoms with Crippen LogP contribution in [0.15, 0.2) is 60.8 Å². The molecule has 0 aliphatic rings. The first-order valence-corrected chi connectivity index (χ1v) is 8.84. The molecular weight excluding hydrogens is 324 g/mol. The second-order valence-electron chi connectivity index (χ2n) is 7.51. The summed E-state index contributed by atoms with van der Waals surface area (Å²) < 4.78 is 1.61. The van der Waals surface area contributed by atoms with E-state index in [0.29, 0.717) is 0 Å². The average molecular weight is 348 g/mol. The topological polar surface area (TPSA) is 51.1 Å². The van der Waals surface area contributed by atoms with Gasteiger partial charge in [-0.25, -0.2) is 0 Å². The fourth-order valence-corrected chi connectivity index (χ4v) is 2.92. The molecule has 26 heavy (non-hydrogen) atoms. The van der Waals surface area contributed by atoms with E-state index in [0.717, 1.165) is 16.6 Å². The molecule has 1 N–H and O–H groups in total. The van der Waals surface area contributed by atoms with Gasteiger partial charge < -0.3 is 5.32 Å². The number of hydrogen-bond acceptors (Lipinski definition) is 2. The van der Waals surface area contributed by atoms with E-state index in [2.05, 4.69) is 26.1 Å². The maximum atomic E-state index is 12.4. The SMILES string of the molecule is CC(C)(C)c1ccc(NC(=O)CCC(=O)n2ccc3ccccc32)cc1. The van der Waals surface area contributed by atoms with E-state index in [1.165, 1.54) is 5.56 Å². The zero-order valence-corrected chi connectivity index (χ0v) is 15.5. The summed E-state index contributed by atoms with van der Waals surface area (Å²) in [5, 5.41) is 3.88. The number of benzene rings is 2. The molecule has 2 aromatic carbocycles. The van der Waals surface area contributed by atoms with Crippen molar-refractivity contribution in [2.75, 3.05) is 5.32 Å². The number of para-hydroxylation sites is 1. The van der Waals surface area contributed by atoms with Gasteiger partial charge in [0.15, 0.2) is 0 Å². The Morgan fingerprint density at radius 2 is 1.62 bits per heavy atom. The summed E-state index contributed by atoms with van der Waals surface area (Å²) in [6, 6.07) is 17.5. The molecule has 0 atom stereocenters. The summed E-state index contributed by atoms with van der Waals surface area (Å²) in [4.78, 5) is 24.6. The minimum absolute atomic E-state index is 0.0779. The van der Waals surface area contributed by atoms with Gasteiger partial charge in [-0.05, 0) is 35.2 Å². The number of aromatic nitrogens is 1. The largest absolute Gasteiger partial charge is 0.326 e. The van der Waals surface area contributed by atoms with Gasteiger partial charge in [0.25, 0.3) is 0 Å². The van der Waals surface area contributed by atoms with Gasteiger partial charge in [0.1, 0.15) is 0 Å². The number of nitrogens with one attached hydrogen (secondary N) is 1. The molecule has 3 aromatic rings. The number of rotatable bonds is 4. The molecule has 3 rings (SSSR count). The van der Waals surface area contributed by atoms with Gasteiger partial charge in [0.05, 0.1) is 5.52 Å². The highest BCUT2D eigenvalue weighted by atomic mass is 16.2. The molecule has 0 fully saturated rings. The third kappa shape index (κ3) is 4.02. The second-order valence-corrected chi connectivity index (χ2v) is 7.51. The lowest BCUT2D eigenvalue weighted by Gasteiger charge is -2.19. The number of nitrogens with zero attached hydrogens (tertiary/aromatic N) is 1. The monoisotopic (exact) mass is 348 g/mol. The van der Waals surface area contributed by atoms with Gasteiger partial charge in [-0.2, -0.15) is 0 Å². The van der Waals surface area contributed by atoms with Crippen molar-refractivity contribution >= 4 is 28.4 Å². The Labute approximate surface area is 153 Å². The first kappa shape index (κ1) is 17.9. The Hall–Kier alpha value is -2.88. The summed E-state index contributed by atoms with van der Waals surface area (Å²) in [7, 11) is 0. The fourth-order valence-electron chi connectivity index (χ4n) is 2.92. The predicted octanol–water partition coefficient (Wildman–Crippen LogP) is 5.00. The van der Waals surface area contributed by atoms with Crippen molar-refractivity contribution in [2.45, 2.75) is 39.0 Å². The highest BCUT2D eigenvalue weighted by molar-refractivity contribution is 5.96. The van der Waals surface area contributed by atoms with Crippen molar-refractivity contribution in [3.05, 3.63) is 66.4 Å². The van der Waals surface area contributed by atoms with Crippen molar-refractivity contribution < 1.29 is 9.59 Å². The van der Waals surface area contributed by atoms with Crippen molar-refractivity contribution in [2.24, 2.45) is 0 Å². The number of fused-ring (bicyclic) bond motifs is 1. The highest BCUT2D eigenvalue weighted by Gasteiger charge is 2.14. The maximum absolute atomic E-state index is 12.4. The quantitative estimate of drug-likeness (QED) is 0.721. The van der Waals surface area contributed by atoms with Gasteiger partial charge in [0, 0.05) is 30.1 Å². The summed E-state index contributed by atoms with van der Waals surface area (Å²) in [6.45, 7) is 6.45. The van der Waals surface area contributed by atoms with Crippen LogP contribution in [0.3, 0.4) is 0 Å². The molecule has 0 saturated carbocycles. The van der Waals surface area contributed by atoms with Crippen LogP contribution in [0, 0.1) is 0 Å². The number of carbonyl (C=O) groups is 2. The second kappa shape index (κ2) is 7.16. The van der Waals surface area contributed by atoms with Crippen LogP contribution >= 0.6 is 0 Å². The molecule has 0 aliphatic carbocycles. The normalized spacial score (nSPS) is 11.5. The van der Waals surface area contributed by atoms with Crippen LogP contribution in [0.2, 0.25) is 0 Å².